The second-order valence-corrected chi connectivity index (χ2v) is 9.81. The Morgan fingerprint density at radius 1 is 1.50 bits per heavy atom. The van der Waals surface area contributed by atoms with Gasteiger partial charge in [-0.25, -0.2) is 0 Å². The Hall–Kier alpha value is 0.170. The molecule has 0 spiro atoms. The van der Waals surface area contributed by atoms with Crippen molar-refractivity contribution in [3.05, 3.63) is 12.7 Å². The summed E-state index contributed by atoms with van der Waals surface area (Å²) in [4.78, 5) is 4.10. The fourth-order valence-electron chi connectivity index (χ4n) is 0.774. The minimum absolute atomic E-state index is 0.606. The van der Waals surface area contributed by atoms with Crippen molar-refractivity contribution < 1.29 is 4.52 Å². The molecule has 0 aliphatic heterocycles. The first-order valence-electron chi connectivity index (χ1n) is 5.44. The Labute approximate surface area is 108 Å². The smallest absolute Gasteiger partial charge is 0.211 e. The van der Waals surface area contributed by atoms with Crippen LogP contribution in [0.1, 0.15) is 26.7 Å². The number of nitrogens with zero attached hydrogens (tertiary/aromatic N) is 1. The summed E-state index contributed by atoms with van der Waals surface area (Å²) in [5.41, 5.74) is -1.98. The first kappa shape index (κ1) is 16.2. The van der Waals surface area contributed by atoms with Crippen molar-refractivity contribution in [2.45, 2.75) is 26.7 Å². The van der Waals surface area contributed by atoms with Crippen molar-refractivity contribution in [2.75, 3.05) is 18.9 Å². The lowest BCUT2D eigenvalue weighted by atomic mass is 10.5. The molecule has 6 heteroatoms. The van der Waals surface area contributed by atoms with E-state index in [4.69, 9.17) is 16.3 Å². The van der Waals surface area contributed by atoms with Gasteiger partial charge in [0.05, 0.1) is 19.5 Å². The van der Waals surface area contributed by atoms with E-state index in [0.29, 0.717) is 13.2 Å². The lowest BCUT2D eigenvalue weighted by molar-refractivity contribution is 0.356. The highest BCUT2D eigenvalue weighted by molar-refractivity contribution is 8.68. The standard InChI is InChI=1S/C10H21N2OPS2/c1-4-7-11-10-12-14(15,13-8-5-2)16-9-6-3/h4,10H,1,5-9H2,2-3H3,(H,11,12,15). The fraction of sp³-hybridized carbons (Fsp3) is 0.700. The highest BCUT2D eigenvalue weighted by Crippen LogP contribution is 2.55. The van der Waals surface area contributed by atoms with Crippen molar-refractivity contribution in [3.8, 4) is 0 Å². The van der Waals surface area contributed by atoms with Gasteiger partial charge in [0, 0.05) is 5.75 Å². The van der Waals surface area contributed by atoms with E-state index in [-0.39, 0.29) is 0 Å². The van der Waals surface area contributed by atoms with Crippen molar-refractivity contribution in [3.63, 3.8) is 0 Å². The van der Waals surface area contributed by atoms with E-state index in [1.807, 2.05) is 0 Å². The largest absolute Gasteiger partial charge is 0.326 e. The summed E-state index contributed by atoms with van der Waals surface area (Å²) in [7, 11) is 0. The van der Waals surface area contributed by atoms with Gasteiger partial charge in [0.25, 0.3) is 0 Å². The molecule has 1 unspecified atom stereocenters. The molecule has 0 radical (unpaired) electrons. The topological polar surface area (TPSA) is 33.6 Å². The van der Waals surface area contributed by atoms with Crippen LogP contribution in [0.5, 0.6) is 0 Å². The molecule has 0 aliphatic carbocycles. The maximum absolute atomic E-state index is 5.72. The quantitative estimate of drug-likeness (QED) is 0.287. The third-order valence-electron chi connectivity index (χ3n) is 1.47. The normalized spacial score (nSPS) is 14.9. The Kier molecular flexibility index (Phi) is 10.4. The SMILES string of the molecule is C=CCN=CNP(=S)(OCCC)SCCC. The molecule has 1 N–H and O–H groups in total. The van der Waals surface area contributed by atoms with Gasteiger partial charge in [-0.1, -0.05) is 31.3 Å². The molecule has 94 valence electrons. The molecule has 0 fully saturated rings. The molecular weight excluding hydrogens is 259 g/mol. The number of hydrogen-bond acceptors (Lipinski definition) is 4. The van der Waals surface area contributed by atoms with E-state index < -0.39 is 5.62 Å². The molecule has 16 heavy (non-hydrogen) atoms. The van der Waals surface area contributed by atoms with Crippen LogP contribution < -0.4 is 5.09 Å². The lowest BCUT2D eigenvalue weighted by Gasteiger charge is -2.20. The van der Waals surface area contributed by atoms with Crippen molar-refractivity contribution in [1.82, 2.24) is 5.09 Å². The highest BCUT2D eigenvalue weighted by Gasteiger charge is 2.15. The number of aliphatic imine (C=N–C) groups is 1. The minimum atomic E-state index is -1.98. The third-order valence-corrected chi connectivity index (χ3v) is 7.14. The summed E-state index contributed by atoms with van der Waals surface area (Å²) in [6.07, 6.45) is 5.48. The van der Waals surface area contributed by atoms with Crippen LogP contribution in [-0.4, -0.2) is 25.2 Å². The molecule has 0 rings (SSSR count). The second-order valence-electron chi connectivity index (χ2n) is 3.08. The van der Waals surface area contributed by atoms with Crippen LogP contribution in [0.4, 0.5) is 0 Å². The van der Waals surface area contributed by atoms with Gasteiger partial charge in [-0.3, -0.25) is 4.99 Å². The Balaban J connectivity index is 4.17. The fourth-order valence-corrected chi connectivity index (χ4v) is 5.18. The summed E-state index contributed by atoms with van der Waals surface area (Å²) in [5, 5.41) is 3.13. The van der Waals surface area contributed by atoms with Gasteiger partial charge in [0.15, 0.2) is 0 Å². The maximum Gasteiger partial charge on any atom is 0.211 e. The van der Waals surface area contributed by atoms with Crippen LogP contribution in [0.2, 0.25) is 0 Å². The third kappa shape index (κ3) is 8.34. The van der Waals surface area contributed by atoms with Gasteiger partial charge in [-0.15, -0.1) is 6.58 Å². The van der Waals surface area contributed by atoms with Crippen molar-refractivity contribution in [1.29, 1.82) is 0 Å². The summed E-state index contributed by atoms with van der Waals surface area (Å²) in [6.45, 7) is 9.13. The summed E-state index contributed by atoms with van der Waals surface area (Å²) in [6, 6.07) is 0. The number of hydrogen-bond donors (Lipinski definition) is 1. The maximum atomic E-state index is 5.72. The molecule has 0 heterocycles. The molecule has 0 saturated carbocycles. The number of nitrogens with one attached hydrogen (secondary N) is 1. The molecule has 0 aliphatic rings. The molecule has 0 aromatic heterocycles. The molecule has 0 bridgehead atoms. The van der Waals surface area contributed by atoms with Gasteiger partial charge in [-0.05, 0) is 24.6 Å². The summed E-state index contributed by atoms with van der Waals surface area (Å²) in [5.74, 6) is 1.02. The predicted molar refractivity (Wildman–Crippen MR) is 80.0 cm³/mol. The average molecular weight is 280 g/mol. The first-order valence-corrected chi connectivity index (χ1v) is 9.75. The lowest BCUT2D eigenvalue weighted by Crippen LogP contribution is -2.09. The average Bonchev–Trinajstić information content (AvgIpc) is 2.30. The van der Waals surface area contributed by atoms with Crippen LogP contribution >= 0.6 is 17.0 Å². The van der Waals surface area contributed by atoms with E-state index >= 15 is 0 Å². The van der Waals surface area contributed by atoms with E-state index in [2.05, 4.69) is 30.5 Å². The molecule has 0 saturated heterocycles. The number of rotatable bonds is 10. The summed E-state index contributed by atoms with van der Waals surface area (Å²) < 4.78 is 5.72. The van der Waals surface area contributed by atoms with Crippen LogP contribution in [0.3, 0.4) is 0 Å². The van der Waals surface area contributed by atoms with Gasteiger partial charge in [0.1, 0.15) is 0 Å². The Morgan fingerprint density at radius 3 is 2.81 bits per heavy atom. The second kappa shape index (κ2) is 10.3. The van der Waals surface area contributed by atoms with Gasteiger partial charge >= 0.3 is 0 Å². The molecule has 0 amide bonds. The summed E-state index contributed by atoms with van der Waals surface area (Å²) >= 11 is 7.20. The van der Waals surface area contributed by atoms with Crippen LogP contribution in [0.15, 0.2) is 17.6 Å². The monoisotopic (exact) mass is 280 g/mol. The van der Waals surface area contributed by atoms with E-state index in [1.165, 1.54) is 0 Å². The van der Waals surface area contributed by atoms with Crippen LogP contribution in [0.25, 0.3) is 0 Å². The zero-order chi connectivity index (χ0) is 12.3. The van der Waals surface area contributed by atoms with Crippen molar-refractivity contribution in [2.24, 2.45) is 4.99 Å². The van der Waals surface area contributed by atoms with Gasteiger partial charge < -0.3 is 9.61 Å². The minimum Gasteiger partial charge on any atom is -0.326 e. The molecule has 1 atom stereocenters. The van der Waals surface area contributed by atoms with Crippen LogP contribution in [0, 0.1) is 0 Å². The molecular formula is C10H21N2OPS2. The first-order chi connectivity index (χ1) is 7.68. The zero-order valence-electron chi connectivity index (χ0n) is 10.0. The zero-order valence-corrected chi connectivity index (χ0v) is 12.5. The highest BCUT2D eigenvalue weighted by atomic mass is 32.9. The van der Waals surface area contributed by atoms with Crippen LogP contribution in [-0.2, 0) is 16.3 Å². The molecule has 0 aromatic carbocycles. The van der Waals surface area contributed by atoms with Gasteiger partial charge in [-0.2, -0.15) is 0 Å². The predicted octanol–water partition coefficient (Wildman–Crippen LogP) is 3.58. The Bertz CT molecular complexity index is 247. The molecule has 3 nitrogen and oxygen atoms in total. The Morgan fingerprint density at radius 2 is 2.25 bits per heavy atom. The van der Waals surface area contributed by atoms with E-state index in [0.717, 1.165) is 18.6 Å². The van der Waals surface area contributed by atoms with Gasteiger partial charge in [0.2, 0.25) is 5.62 Å². The van der Waals surface area contributed by atoms with E-state index in [9.17, 15) is 0 Å². The van der Waals surface area contributed by atoms with Crippen molar-refractivity contribution >= 4 is 35.1 Å². The van der Waals surface area contributed by atoms with E-state index in [1.54, 1.807) is 23.8 Å². The molecule has 0 aromatic rings.